The van der Waals surface area contributed by atoms with Crippen molar-refractivity contribution in [1.29, 1.82) is 0 Å². The number of piperidine rings is 1. The van der Waals surface area contributed by atoms with Crippen molar-refractivity contribution in [2.45, 2.75) is 69.6 Å². The van der Waals surface area contributed by atoms with Gasteiger partial charge in [0.1, 0.15) is 0 Å². The molecule has 1 saturated heterocycles. The van der Waals surface area contributed by atoms with Crippen molar-refractivity contribution in [3.8, 4) is 0 Å². The van der Waals surface area contributed by atoms with E-state index in [0.717, 1.165) is 55.1 Å². The molecule has 3 fully saturated rings. The topological polar surface area (TPSA) is 75.9 Å². The van der Waals surface area contributed by atoms with E-state index in [9.17, 15) is 9.59 Å². The molecule has 29 heavy (non-hydrogen) atoms. The number of nitrogens with two attached hydrogens (primary N) is 1. The van der Waals surface area contributed by atoms with Crippen molar-refractivity contribution < 1.29 is 14.3 Å². The summed E-state index contributed by atoms with van der Waals surface area (Å²) < 4.78 is 5.17. The molecule has 6 nitrogen and oxygen atoms in total. The number of para-hydroxylation sites is 1. The normalized spacial score (nSPS) is 32.8. The van der Waals surface area contributed by atoms with E-state index in [1.807, 2.05) is 29.2 Å². The molecule has 1 aromatic carbocycles. The minimum Gasteiger partial charge on any atom is -0.431 e. The Morgan fingerprint density at radius 1 is 0.966 bits per heavy atom. The Morgan fingerprint density at radius 2 is 1.59 bits per heavy atom. The zero-order valence-corrected chi connectivity index (χ0v) is 17.0. The molecule has 1 atom stereocenters. The number of hydrogen-bond acceptors (Lipinski definition) is 4. The zero-order valence-electron chi connectivity index (χ0n) is 17.0. The van der Waals surface area contributed by atoms with Crippen molar-refractivity contribution >= 4 is 17.7 Å². The molecule has 1 unspecified atom stereocenters. The highest BCUT2D eigenvalue weighted by atomic mass is 16.6. The lowest BCUT2D eigenvalue weighted by atomic mass is 9.67. The molecule has 2 aliphatic heterocycles. The van der Waals surface area contributed by atoms with Gasteiger partial charge >= 0.3 is 6.09 Å². The highest BCUT2D eigenvalue weighted by Gasteiger charge is 2.45. The van der Waals surface area contributed by atoms with Gasteiger partial charge in [0.05, 0.1) is 5.69 Å². The van der Waals surface area contributed by atoms with Gasteiger partial charge in [0.15, 0.2) is 0 Å². The van der Waals surface area contributed by atoms with Crippen molar-refractivity contribution in [2.75, 3.05) is 18.0 Å². The zero-order chi connectivity index (χ0) is 20.0. The maximum Gasteiger partial charge on any atom is 0.405 e. The first-order valence-electron chi connectivity index (χ1n) is 11.3. The summed E-state index contributed by atoms with van der Waals surface area (Å²) in [5.41, 5.74) is 6.84. The summed E-state index contributed by atoms with van der Waals surface area (Å²) in [5, 5.41) is 0. The molecule has 4 aliphatic rings. The van der Waals surface area contributed by atoms with Crippen LogP contribution in [0.5, 0.6) is 0 Å². The smallest absolute Gasteiger partial charge is 0.405 e. The summed E-state index contributed by atoms with van der Waals surface area (Å²) in [6, 6.07) is 8.53. The quantitative estimate of drug-likeness (QED) is 0.845. The first-order valence-corrected chi connectivity index (χ1v) is 11.3. The molecule has 1 aromatic rings. The van der Waals surface area contributed by atoms with Crippen molar-refractivity contribution in [3.63, 3.8) is 0 Å². The van der Waals surface area contributed by atoms with E-state index in [1.54, 1.807) is 0 Å². The van der Waals surface area contributed by atoms with Gasteiger partial charge in [0, 0.05) is 30.7 Å². The molecule has 6 heteroatoms. The summed E-state index contributed by atoms with van der Waals surface area (Å²) in [4.78, 5) is 29.1. The third kappa shape index (κ3) is 3.31. The first kappa shape index (κ1) is 18.9. The van der Waals surface area contributed by atoms with Crippen molar-refractivity contribution in [2.24, 2.45) is 17.6 Å². The van der Waals surface area contributed by atoms with E-state index in [-0.39, 0.29) is 11.9 Å². The van der Waals surface area contributed by atoms with Crippen LogP contribution in [0.3, 0.4) is 0 Å². The van der Waals surface area contributed by atoms with Crippen LogP contribution >= 0.6 is 0 Å². The number of nitrogens with zero attached hydrogens (tertiary/aromatic N) is 2. The number of hydrogen-bond donors (Lipinski definition) is 1. The van der Waals surface area contributed by atoms with Gasteiger partial charge in [-0.1, -0.05) is 31.0 Å². The molecule has 0 radical (unpaired) electrons. The average Bonchev–Trinajstić information content (AvgIpc) is 2.99. The van der Waals surface area contributed by atoms with Crippen LogP contribution in [0.15, 0.2) is 24.3 Å². The molecule has 2 aliphatic carbocycles. The standard InChI is InChI=1S/C23H31N3O3/c24-23(28)29-21-18-9-1-2-10-19(18)26(22(21)27)17-11-13-25(14-12-17)20-15-5-3-6-16(20)8-4-7-15/h1-2,9-10,15-17,20-21H,3-8,11-14H2,(H2,24,28). The van der Waals surface area contributed by atoms with Crippen LogP contribution in [0.25, 0.3) is 0 Å². The monoisotopic (exact) mass is 397 g/mol. The van der Waals surface area contributed by atoms with Crippen molar-refractivity contribution in [1.82, 2.24) is 4.90 Å². The molecular formula is C23H31N3O3. The summed E-state index contributed by atoms with van der Waals surface area (Å²) in [6.45, 7) is 2.10. The number of anilines is 1. The van der Waals surface area contributed by atoms with Crippen LogP contribution in [-0.4, -0.2) is 42.1 Å². The molecule has 2 heterocycles. The molecule has 156 valence electrons. The van der Waals surface area contributed by atoms with Gasteiger partial charge in [-0.25, -0.2) is 4.79 Å². The Morgan fingerprint density at radius 3 is 2.21 bits per heavy atom. The minimum atomic E-state index is -0.904. The first-order chi connectivity index (χ1) is 14.1. The molecular weight excluding hydrogens is 366 g/mol. The summed E-state index contributed by atoms with van der Waals surface area (Å²) >= 11 is 0. The highest BCUT2D eigenvalue weighted by molar-refractivity contribution is 6.05. The van der Waals surface area contributed by atoms with Crippen LogP contribution in [0.2, 0.25) is 0 Å². The number of primary amides is 1. The van der Waals surface area contributed by atoms with Gasteiger partial charge in [0.2, 0.25) is 6.10 Å². The molecule has 2 bridgehead atoms. The van der Waals surface area contributed by atoms with E-state index < -0.39 is 12.2 Å². The Hall–Kier alpha value is -2.08. The SMILES string of the molecule is NC(=O)OC1C(=O)N(C2CCN(C3C4CCCC3CCC4)CC2)c2ccccc21. The van der Waals surface area contributed by atoms with Gasteiger partial charge in [-0.2, -0.15) is 0 Å². The lowest BCUT2D eigenvalue weighted by molar-refractivity contribution is -0.126. The number of ether oxygens (including phenoxy) is 1. The maximum atomic E-state index is 13.1. The maximum absolute atomic E-state index is 13.1. The molecule has 2 saturated carbocycles. The van der Waals surface area contributed by atoms with E-state index in [1.165, 1.54) is 38.5 Å². The second-order valence-corrected chi connectivity index (χ2v) is 9.22. The number of rotatable bonds is 3. The number of likely N-dealkylation sites (tertiary alicyclic amines) is 1. The summed E-state index contributed by atoms with van der Waals surface area (Å²) in [6.07, 6.45) is 8.52. The average molecular weight is 398 g/mol. The van der Waals surface area contributed by atoms with Gasteiger partial charge in [0.25, 0.3) is 5.91 Å². The lowest BCUT2D eigenvalue weighted by Crippen LogP contribution is -2.55. The van der Waals surface area contributed by atoms with Crippen LogP contribution in [0, 0.1) is 11.8 Å². The van der Waals surface area contributed by atoms with E-state index in [4.69, 9.17) is 10.5 Å². The number of carbonyl (C=O) groups is 2. The van der Waals surface area contributed by atoms with Crippen LogP contribution in [0.4, 0.5) is 10.5 Å². The predicted molar refractivity (Wildman–Crippen MR) is 110 cm³/mol. The third-order valence-corrected chi connectivity index (χ3v) is 7.73. The summed E-state index contributed by atoms with van der Waals surface area (Å²) in [5.74, 6) is 1.60. The molecule has 5 rings (SSSR count). The second-order valence-electron chi connectivity index (χ2n) is 9.22. The number of fused-ring (bicyclic) bond motifs is 3. The fourth-order valence-electron chi connectivity index (χ4n) is 6.59. The molecule has 2 N–H and O–H groups in total. The van der Waals surface area contributed by atoms with Gasteiger partial charge in [-0.05, 0) is 56.4 Å². The fraction of sp³-hybridized carbons (Fsp3) is 0.652. The Kier molecular flexibility index (Phi) is 4.98. The molecule has 0 aromatic heterocycles. The Bertz CT molecular complexity index is 767. The summed E-state index contributed by atoms with van der Waals surface area (Å²) in [7, 11) is 0. The highest BCUT2D eigenvalue weighted by Crippen LogP contribution is 2.45. The van der Waals surface area contributed by atoms with E-state index >= 15 is 0 Å². The van der Waals surface area contributed by atoms with E-state index in [0.29, 0.717) is 0 Å². The largest absolute Gasteiger partial charge is 0.431 e. The Balaban J connectivity index is 1.31. The minimum absolute atomic E-state index is 0.155. The van der Waals surface area contributed by atoms with E-state index in [2.05, 4.69) is 4.90 Å². The van der Waals surface area contributed by atoms with Gasteiger partial charge in [-0.15, -0.1) is 0 Å². The number of carbonyl (C=O) groups excluding carboxylic acids is 2. The fourth-order valence-corrected chi connectivity index (χ4v) is 6.59. The molecule has 0 spiro atoms. The van der Waals surface area contributed by atoms with Crippen LogP contribution in [-0.2, 0) is 9.53 Å². The Labute approximate surface area is 172 Å². The van der Waals surface area contributed by atoms with Crippen molar-refractivity contribution in [3.05, 3.63) is 29.8 Å². The lowest BCUT2D eigenvalue weighted by Gasteiger charge is -2.50. The second kappa shape index (κ2) is 7.63. The van der Waals surface area contributed by atoms with Gasteiger partial charge < -0.3 is 15.4 Å². The van der Waals surface area contributed by atoms with Crippen LogP contribution in [0.1, 0.15) is 63.0 Å². The molecule has 2 amide bonds. The predicted octanol–water partition coefficient (Wildman–Crippen LogP) is 3.60. The third-order valence-electron chi connectivity index (χ3n) is 7.73. The number of benzene rings is 1. The van der Waals surface area contributed by atoms with Crippen LogP contribution < -0.4 is 10.6 Å². The van der Waals surface area contributed by atoms with Gasteiger partial charge in [-0.3, -0.25) is 9.69 Å². The number of amides is 2.